The van der Waals surface area contributed by atoms with Gasteiger partial charge in [-0.05, 0) is 42.9 Å². The Morgan fingerprint density at radius 3 is 3.07 bits per heavy atom. The van der Waals surface area contributed by atoms with Crippen LogP contribution in [-0.2, 0) is 6.42 Å². The minimum absolute atomic E-state index is 0.338. The molecule has 1 atom stereocenters. The van der Waals surface area contributed by atoms with E-state index < -0.39 is 0 Å². The molecule has 0 bridgehead atoms. The highest BCUT2D eigenvalue weighted by Gasteiger charge is 2.37. The van der Waals surface area contributed by atoms with E-state index in [-0.39, 0.29) is 0 Å². The van der Waals surface area contributed by atoms with Crippen LogP contribution in [0, 0.1) is 5.41 Å². The van der Waals surface area contributed by atoms with Crippen LogP contribution in [0.4, 0.5) is 0 Å². The summed E-state index contributed by atoms with van der Waals surface area (Å²) in [6.07, 6.45) is 5.24. The normalized spacial score (nSPS) is 24.6. The van der Waals surface area contributed by atoms with E-state index in [1.54, 1.807) is 0 Å². The first-order chi connectivity index (χ1) is 6.65. The van der Waals surface area contributed by atoms with Crippen molar-refractivity contribution in [1.82, 2.24) is 0 Å². The molecular weight excluding hydrogens is 174 g/mol. The molecule has 0 saturated carbocycles. The summed E-state index contributed by atoms with van der Waals surface area (Å²) in [5.41, 5.74) is 7.39. The van der Waals surface area contributed by atoms with Gasteiger partial charge in [0.05, 0.1) is 6.26 Å². The summed E-state index contributed by atoms with van der Waals surface area (Å²) in [6, 6.07) is 2.11. The predicted octanol–water partition coefficient (Wildman–Crippen LogP) is 2.68. The summed E-state index contributed by atoms with van der Waals surface area (Å²) in [7, 11) is 0. The Bertz CT molecular complexity index is 314. The Morgan fingerprint density at radius 1 is 1.57 bits per heavy atom. The molecule has 2 heteroatoms. The van der Waals surface area contributed by atoms with E-state index in [0.717, 1.165) is 19.4 Å². The summed E-state index contributed by atoms with van der Waals surface area (Å²) in [4.78, 5) is 0. The van der Waals surface area contributed by atoms with Crippen molar-refractivity contribution in [3.8, 4) is 0 Å². The Labute approximate surface area is 85.5 Å². The summed E-state index contributed by atoms with van der Waals surface area (Å²) < 4.78 is 5.60. The van der Waals surface area contributed by atoms with Gasteiger partial charge in [0.1, 0.15) is 5.76 Å². The molecule has 2 N–H and O–H groups in total. The second-order valence-corrected chi connectivity index (χ2v) is 4.93. The number of rotatable bonds is 2. The molecule has 1 aromatic heterocycles. The topological polar surface area (TPSA) is 39.2 Å². The number of nitrogens with two attached hydrogens (primary N) is 1. The van der Waals surface area contributed by atoms with Crippen LogP contribution in [-0.4, -0.2) is 6.54 Å². The highest BCUT2D eigenvalue weighted by molar-refractivity contribution is 5.26. The first-order valence-corrected chi connectivity index (χ1v) is 5.41. The van der Waals surface area contributed by atoms with Gasteiger partial charge in [-0.1, -0.05) is 13.8 Å². The van der Waals surface area contributed by atoms with E-state index in [9.17, 15) is 0 Å². The van der Waals surface area contributed by atoms with Crippen LogP contribution in [0.2, 0.25) is 0 Å². The molecule has 0 saturated heterocycles. The van der Waals surface area contributed by atoms with E-state index >= 15 is 0 Å². The third kappa shape index (κ3) is 1.48. The van der Waals surface area contributed by atoms with Gasteiger partial charge in [-0.15, -0.1) is 0 Å². The van der Waals surface area contributed by atoms with Crippen molar-refractivity contribution in [2.24, 2.45) is 11.1 Å². The molecule has 78 valence electrons. The first-order valence-electron chi connectivity index (χ1n) is 5.41. The molecule has 1 unspecified atom stereocenters. The molecule has 1 aliphatic rings. The van der Waals surface area contributed by atoms with E-state index in [1.807, 2.05) is 6.26 Å². The summed E-state index contributed by atoms with van der Waals surface area (Å²) in [6.45, 7) is 5.38. The van der Waals surface area contributed by atoms with Gasteiger partial charge in [0, 0.05) is 5.92 Å². The second kappa shape index (κ2) is 3.43. The van der Waals surface area contributed by atoms with Gasteiger partial charge in [0.25, 0.3) is 0 Å². The zero-order chi connectivity index (χ0) is 10.2. The monoisotopic (exact) mass is 193 g/mol. The molecule has 14 heavy (non-hydrogen) atoms. The molecule has 1 aromatic rings. The van der Waals surface area contributed by atoms with E-state index in [0.29, 0.717) is 11.3 Å². The smallest absolute Gasteiger partial charge is 0.110 e. The lowest BCUT2D eigenvalue weighted by Crippen LogP contribution is -2.29. The standard InChI is InChI=1S/C12H19NO/c1-12(2)6-3-9-5-8-14-11(9)10(12)4-7-13/h5,8,10H,3-4,6-7,13H2,1-2H3. The molecule has 1 aliphatic carbocycles. The Hall–Kier alpha value is -0.760. The fraction of sp³-hybridized carbons (Fsp3) is 0.667. The van der Waals surface area contributed by atoms with Crippen molar-refractivity contribution in [3.63, 3.8) is 0 Å². The van der Waals surface area contributed by atoms with Gasteiger partial charge < -0.3 is 10.2 Å². The van der Waals surface area contributed by atoms with Gasteiger partial charge in [0.2, 0.25) is 0 Å². The maximum absolute atomic E-state index is 5.66. The quantitative estimate of drug-likeness (QED) is 0.784. The van der Waals surface area contributed by atoms with Crippen molar-refractivity contribution in [1.29, 1.82) is 0 Å². The average molecular weight is 193 g/mol. The minimum Gasteiger partial charge on any atom is -0.469 e. The number of hydrogen-bond acceptors (Lipinski definition) is 2. The lowest BCUT2D eigenvalue weighted by atomic mass is 9.68. The molecule has 2 nitrogen and oxygen atoms in total. The van der Waals surface area contributed by atoms with Crippen molar-refractivity contribution in [2.75, 3.05) is 6.54 Å². The molecule has 0 aromatic carbocycles. The zero-order valence-corrected chi connectivity index (χ0v) is 9.05. The third-order valence-corrected chi connectivity index (χ3v) is 3.53. The number of aryl methyl sites for hydroxylation is 1. The van der Waals surface area contributed by atoms with Crippen molar-refractivity contribution >= 4 is 0 Å². The first kappa shape index (κ1) is 9.78. The Balaban J connectivity index is 2.33. The summed E-state index contributed by atoms with van der Waals surface area (Å²) >= 11 is 0. The zero-order valence-electron chi connectivity index (χ0n) is 9.05. The number of fused-ring (bicyclic) bond motifs is 1. The lowest BCUT2D eigenvalue weighted by molar-refractivity contribution is 0.206. The fourth-order valence-corrected chi connectivity index (χ4v) is 2.53. The van der Waals surface area contributed by atoms with Crippen molar-refractivity contribution in [3.05, 3.63) is 23.7 Å². The molecular formula is C12H19NO. The highest BCUT2D eigenvalue weighted by atomic mass is 16.3. The molecule has 0 aliphatic heterocycles. The van der Waals surface area contributed by atoms with Crippen LogP contribution >= 0.6 is 0 Å². The summed E-state index contributed by atoms with van der Waals surface area (Å²) in [5, 5.41) is 0. The highest BCUT2D eigenvalue weighted by Crippen LogP contribution is 2.46. The average Bonchev–Trinajstić information content (AvgIpc) is 2.58. The van der Waals surface area contributed by atoms with Gasteiger partial charge >= 0.3 is 0 Å². The third-order valence-electron chi connectivity index (χ3n) is 3.53. The van der Waals surface area contributed by atoms with Gasteiger partial charge in [-0.25, -0.2) is 0 Å². The van der Waals surface area contributed by atoms with E-state index in [1.165, 1.54) is 17.7 Å². The molecule has 1 heterocycles. The van der Waals surface area contributed by atoms with Crippen LogP contribution < -0.4 is 5.73 Å². The minimum atomic E-state index is 0.338. The van der Waals surface area contributed by atoms with Gasteiger partial charge in [-0.2, -0.15) is 0 Å². The lowest BCUT2D eigenvalue weighted by Gasteiger charge is -2.37. The maximum Gasteiger partial charge on any atom is 0.110 e. The van der Waals surface area contributed by atoms with Crippen LogP contribution in [0.3, 0.4) is 0 Å². The molecule has 0 amide bonds. The molecule has 0 spiro atoms. The Morgan fingerprint density at radius 2 is 2.36 bits per heavy atom. The van der Waals surface area contributed by atoms with Crippen LogP contribution in [0.1, 0.15) is 43.9 Å². The second-order valence-electron chi connectivity index (χ2n) is 4.93. The largest absolute Gasteiger partial charge is 0.469 e. The molecule has 2 rings (SSSR count). The number of furan rings is 1. The predicted molar refractivity (Wildman–Crippen MR) is 57.2 cm³/mol. The van der Waals surface area contributed by atoms with E-state index in [4.69, 9.17) is 10.2 Å². The number of hydrogen-bond donors (Lipinski definition) is 1. The van der Waals surface area contributed by atoms with Crippen LogP contribution in [0.5, 0.6) is 0 Å². The maximum atomic E-state index is 5.66. The summed E-state index contributed by atoms with van der Waals surface area (Å²) in [5.74, 6) is 1.69. The van der Waals surface area contributed by atoms with Gasteiger partial charge in [0.15, 0.2) is 0 Å². The van der Waals surface area contributed by atoms with Gasteiger partial charge in [-0.3, -0.25) is 0 Å². The van der Waals surface area contributed by atoms with Crippen molar-refractivity contribution in [2.45, 2.75) is 39.0 Å². The van der Waals surface area contributed by atoms with Crippen LogP contribution in [0.25, 0.3) is 0 Å². The van der Waals surface area contributed by atoms with Crippen LogP contribution in [0.15, 0.2) is 16.7 Å². The van der Waals surface area contributed by atoms with E-state index in [2.05, 4.69) is 19.9 Å². The Kier molecular flexibility index (Phi) is 2.40. The fourth-order valence-electron chi connectivity index (χ4n) is 2.53. The van der Waals surface area contributed by atoms with Crippen molar-refractivity contribution < 1.29 is 4.42 Å². The SMILES string of the molecule is CC1(C)CCc2ccoc2C1CCN. The molecule has 0 radical (unpaired) electrons. The molecule has 0 fully saturated rings.